The zero-order chi connectivity index (χ0) is 22.7. The van der Waals surface area contributed by atoms with Crippen molar-refractivity contribution in [3.63, 3.8) is 0 Å². The maximum absolute atomic E-state index is 13.2. The van der Waals surface area contributed by atoms with E-state index in [-0.39, 0.29) is 11.6 Å². The van der Waals surface area contributed by atoms with Gasteiger partial charge in [0.25, 0.3) is 11.6 Å². The van der Waals surface area contributed by atoms with Crippen LogP contribution in [0.4, 0.5) is 11.4 Å². The van der Waals surface area contributed by atoms with Gasteiger partial charge in [0.05, 0.1) is 28.3 Å². The normalized spacial score (nSPS) is 10.7. The van der Waals surface area contributed by atoms with E-state index < -0.39 is 4.92 Å². The van der Waals surface area contributed by atoms with E-state index in [0.29, 0.717) is 40.0 Å². The number of carbonyl (C=O) groups is 1. The fraction of sp³-hybridized carbons (Fsp3) is 0.120. The molecule has 7 heteroatoms. The average molecular weight is 427 g/mol. The first-order valence-electron chi connectivity index (χ1n) is 10.2. The molecule has 0 unspecified atom stereocenters. The molecule has 7 nitrogen and oxygen atoms in total. The number of rotatable bonds is 6. The van der Waals surface area contributed by atoms with Crippen LogP contribution in [-0.2, 0) is 0 Å². The lowest BCUT2D eigenvalue weighted by molar-refractivity contribution is -0.385. The van der Waals surface area contributed by atoms with Crippen LogP contribution in [0.5, 0.6) is 5.75 Å². The number of ether oxygens (including phenoxy) is 1. The smallest absolute Gasteiger partial charge is 0.274 e. The Morgan fingerprint density at radius 3 is 2.53 bits per heavy atom. The Bertz CT molecular complexity index is 1320. The summed E-state index contributed by atoms with van der Waals surface area (Å²) in [6.45, 7) is 4.16. The van der Waals surface area contributed by atoms with Gasteiger partial charge in [0.1, 0.15) is 5.75 Å². The van der Waals surface area contributed by atoms with Crippen LogP contribution in [0.2, 0.25) is 0 Å². The summed E-state index contributed by atoms with van der Waals surface area (Å²) in [4.78, 5) is 28.7. The monoisotopic (exact) mass is 427 g/mol. The molecule has 0 aliphatic heterocycles. The highest BCUT2D eigenvalue weighted by molar-refractivity contribution is 6.13. The molecule has 0 atom stereocenters. The van der Waals surface area contributed by atoms with E-state index in [9.17, 15) is 14.9 Å². The first-order valence-corrected chi connectivity index (χ1v) is 10.2. The van der Waals surface area contributed by atoms with E-state index in [1.54, 1.807) is 25.1 Å². The van der Waals surface area contributed by atoms with Gasteiger partial charge < -0.3 is 10.1 Å². The summed E-state index contributed by atoms with van der Waals surface area (Å²) in [6.07, 6.45) is 0. The van der Waals surface area contributed by atoms with Crippen LogP contribution in [0.25, 0.3) is 22.2 Å². The number of aromatic nitrogens is 1. The maximum atomic E-state index is 13.2. The average Bonchev–Trinajstić information content (AvgIpc) is 2.80. The second kappa shape index (κ2) is 8.85. The number of nitrogens with one attached hydrogen (secondary N) is 1. The zero-order valence-corrected chi connectivity index (χ0v) is 17.7. The first-order chi connectivity index (χ1) is 15.5. The second-order valence-electron chi connectivity index (χ2n) is 7.24. The Balaban J connectivity index is 1.73. The number of nitro benzene ring substituents is 1. The molecule has 0 bridgehead atoms. The Labute approximate surface area is 184 Å². The number of nitro groups is 1. The van der Waals surface area contributed by atoms with E-state index in [0.717, 1.165) is 11.3 Å². The predicted octanol–water partition coefficient (Wildman–Crippen LogP) is 5.77. The first kappa shape index (κ1) is 21.0. The minimum absolute atomic E-state index is 0.0440. The number of pyridine rings is 1. The van der Waals surface area contributed by atoms with Gasteiger partial charge in [-0.1, -0.05) is 24.3 Å². The minimum Gasteiger partial charge on any atom is -0.494 e. The number of hydrogen-bond donors (Lipinski definition) is 1. The highest BCUT2D eigenvalue weighted by Crippen LogP contribution is 2.28. The molecule has 0 saturated heterocycles. The number of anilines is 1. The summed E-state index contributed by atoms with van der Waals surface area (Å²) < 4.78 is 5.50. The van der Waals surface area contributed by atoms with Gasteiger partial charge in [-0.15, -0.1) is 0 Å². The molecule has 3 aromatic carbocycles. The molecule has 4 rings (SSSR count). The van der Waals surface area contributed by atoms with Crippen molar-refractivity contribution < 1.29 is 14.5 Å². The van der Waals surface area contributed by atoms with Crippen LogP contribution < -0.4 is 10.1 Å². The molecule has 4 aromatic rings. The van der Waals surface area contributed by atoms with E-state index in [2.05, 4.69) is 5.32 Å². The van der Waals surface area contributed by atoms with Gasteiger partial charge >= 0.3 is 0 Å². The molecular formula is C25H21N3O4. The van der Waals surface area contributed by atoms with Gasteiger partial charge in [0.2, 0.25) is 0 Å². The second-order valence-corrected chi connectivity index (χ2v) is 7.24. The number of aryl methyl sites for hydroxylation is 1. The molecule has 0 spiro atoms. The molecule has 0 aliphatic rings. The van der Waals surface area contributed by atoms with Gasteiger partial charge in [0, 0.05) is 28.3 Å². The standard InChI is InChI=1S/C25H21N3O4/c1-3-32-19-12-9-17(10-13-19)23-15-21(20-6-4-5-7-22(20)27-23)25(29)26-18-11-8-16(2)24(14-18)28(30)31/h4-15H,3H2,1-2H3,(H,26,29). The lowest BCUT2D eigenvalue weighted by atomic mass is 10.0. The van der Waals surface area contributed by atoms with Gasteiger partial charge in [-0.3, -0.25) is 14.9 Å². The van der Waals surface area contributed by atoms with Crippen molar-refractivity contribution >= 4 is 28.2 Å². The fourth-order valence-corrected chi connectivity index (χ4v) is 3.48. The molecule has 32 heavy (non-hydrogen) atoms. The van der Waals surface area contributed by atoms with E-state index in [1.165, 1.54) is 6.07 Å². The van der Waals surface area contributed by atoms with Gasteiger partial charge in [-0.05, 0) is 56.3 Å². The van der Waals surface area contributed by atoms with Crippen LogP contribution in [0.1, 0.15) is 22.8 Å². The van der Waals surface area contributed by atoms with Crippen LogP contribution in [0.15, 0.2) is 72.8 Å². The highest BCUT2D eigenvalue weighted by Gasteiger charge is 2.17. The largest absolute Gasteiger partial charge is 0.494 e. The van der Waals surface area contributed by atoms with Crippen molar-refractivity contribution in [1.82, 2.24) is 4.98 Å². The van der Waals surface area contributed by atoms with Gasteiger partial charge in [0.15, 0.2) is 0 Å². The number of hydrogen-bond acceptors (Lipinski definition) is 5. The fourth-order valence-electron chi connectivity index (χ4n) is 3.48. The SMILES string of the molecule is CCOc1ccc(-c2cc(C(=O)Nc3ccc(C)c([N+](=O)[O-])c3)c3ccccc3n2)cc1. The highest BCUT2D eigenvalue weighted by atomic mass is 16.6. The number of carbonyl (C=O) groups excluding carboxylic acids is 1. The molecule has 1 N–H and O–H groups in total. The number of fused-ring (bicyclic) bond motifs is 1. The third-order valence-electron chi connectivity index (χ3n) is 5.09. The van der Waals surface area contributed by atoms with E-state index >= 15 is 0 Å². The molecule has 160 valence electrons. The lowest BCUT2D eigenvalue weighted by Gasteiger charge is -2.11. The van der Waals surface area contributed by atoms with Gasteiger partial charge in [-0.2, -0.15) is 0 Å². The van der Waals surface area contributed by atoms with Crippen molar-refractivity contribution in [3.8, 4) is 17.0 Å². The molecular weight excluding hydrogens is 406 g/mol. The van der Waals surface area contributed by atoms with Gasteiger partial charge in [-0.25, -0.2) is 4.98 Å². The summed E-state index contributed by atoms with van der Waals surface area (Å²) >= 11 is 0. The van der Waals surface area contributed by atoms with Crippen molar-refractivity contribution in [1.29, 1.82) is 0 Å². The minimum atomic E-state index is -0.461. The molecule has 1 aromatic heterocycles. The third-order valence-corrected chi connectivity index (χ3v) is 5.09. The zero-order valence-electron chi connectivity index (χ0n) is 17.7. The van der Waals surface area contributed by atoms with Crippen molar-refractivity contribution in [2.75, 3.05) is 11.9 Å². The summed E-state index contributed by atoms with van der Waals surface area (Å²) in [5.41, 5.74) is 3.45. The van der Waals surface area contributed by atoms with Crippen LogP contribution in [0.3, 0.4) is 0 Å². The summed E-state index contributed by atoms with van der Waals surface area (Å²) in [5, 5.41) is 14.7. The molecule has 1 heterocycles. The molecule has 0 saturated carbocycles. The van der Waals surface area contributed by atoms with Crippen molar-refractivity contribution in [2.24, 2.45) is 0 Å². The Kier molecular flexibility index (Phi) is 5.81. The Morgan fingerprint density at radius 2 is 1.81 bits per heavy atom. The number of nitrogens with zero attached hydrogens (tertiary/aromatic N) is 2. The lowest BCUT2D eigenvalue weighted by Crippen LogP contribution is -2.13. The molecule has 1 amide bonds. The number of benzene rings is 3. The molecule has 0 aliphatic carbocycles. The molecule has 0 radical (unpaired) electrons. The van der Waals surface area contributed by atoms with Crippen molar-refractivity contribution in [2.45, 2.75) is 13.8 Å². The van der Waals surface area contributed by atoms with Crippen molar-refractivity contribution in [3.05, 3.63) is 94.0 Å². The summed E-state index contributed by atoms with van der Waals surface area (Å²) in [6, 6.07) is 21.3. The van der Waals surface area contributed by atoms with E-state index in [1.807, 2.05) is 55.5 Å². The quantitative estimate of drug-likeness (QED) is 0.311. The third kappa shape index (κ3) is 4.27. The number of amides is 1. The summed E-state index contributed by atoms with van der Waals surface area (Å²) in [7, 11) is 0. The summed E-state index contributed by atoms with van der Waals surface area (Å²) in [5.74, 6) is 0.393. The van der Waals surface area contributed by atoms with Crippen LogP contribution in [0, 0.1) is 17.0 Å². The predicted molar refractivity (Wildman–Crippen MR) is 124 cm³/mol. The van der Waals surface area contributed by atoms with Crippen LogP contribution in [-0.4, -0.2) is 22.4 Å². The van der Waals surface area contributed by atoms with Crippen LogP contribution >= 0.6 is 0 Å². The topological polar surface area (TPSA) is 94.4 Å². The number of para-hydroxylation sites is 1. The Morgan fingerprint density at radius 1 is 1.06 bits per heavy atom. The maximum Gasteiger partial charge on any atom is 0.274 e. The van der Waals surface area contributed by atoms with E-state index in [4.69, 9.17) is 9.72 Å². The molecule has 0 fully saturated rings. The Hall–Kier alpha value is -4.26.